The number of furan rings is 1. The van der Waals surface area contributed by atoms with Crippen molar-refractivity contribution in [1.82, 2.24) is 10.2 Å². The summed E-state index contributed by atoms with van der Waals surface area (Å²) in [7, 11) is 0. The van der Waals surface area contributed by atoms with Crippen LogP contribution in [-0.2, 0) is 13.0 Å². The van der Waals surface area contributed by atoms with Crippen LogP contribution in [0.15, 0.2) is 40.8 Å². The fourth-order valence-electron chi connectivity index (χ4n) is 4.15. The molecule has 0 aliphatic carbocycles. The molecule has 160 valence electrons. The van der Waals surface area contributed by atoms with Gasteiger partial charge < -0.3 is 15.1 Å². The van der Waals surface area contributed by atoms with Crippen molar-refractivity contribution in [2.24, 2.45) is 0 Å². The number of nitrogens with zero attached hydrogens (tertiary/aromatic N) is 2. The first-order valence-corrected chi connectivity index (χ1v) is 11.0. The molecule has 5 rings (SSSR count). The molecule has 3 aromatic rings. The Morgan fingerprint density at radius 1 is 1.26 bits per heavy atom. The maximum absolute atomic E-state index is 12.9. The molecular formula is C22H22N4O4S. The molecule has 0 radical (unpaired) electrons. The highest BCUT2D eigenvalue weighted by atomic mass is 32.1. The number of benzene rings is 1. The Hall–Kier alpha value is -3.17. The standard InChI is InChI=1S/C22H22N4O4S/c1-12(2)25-9-8-15-18(11-25)31-22-19(15)21(27)23-20(24-22)17-7-6-16(30-17)13-4-3-5-14(10-13)26(28)29/h3-7,10,12,20,24H,8-9,11H2,1-2H3,(H,23,27)/t20-/m0/s1. The molecule has 2 aliphatic heterocycles. The number of nitro benzene ring substituents is 1. The summed E-state index contributed by atoms with van der Waals surface area (Å²) in [5.74, 6) is 0.969. The van der Waals surface area contributed by atoms with Crippen LogP contribution in [0.25, 0.3) is 11.3 Å². The Morgan fingerprint density at radius 3 is 2.87 bits per heavy atom. The molecule has 1 atom stereocenters. The highest BCUT2D eigenvalue weighted by Crippen LogP contribution is 2.41. The van der Waals surface area contributed by atoms with E-state index in [1.807, 2.05) is 0 Å². The quantitative estimate of drug-likeness (QED) is 0.458. The molecule has 2 N–H and O–H groups in total. The lowest BCUT2D eigenvalue weighted by molar-refractivity contribution is -0.384. The Bertz CT molecular complexity index is 1180. The number of non-ortho nitro benzene ring substituents is 1. The summed E-state index contributed by atoms with van der Waals surface area (Å²) in [5, 5.41) is 18.3. The lowest BCUT2D eigenvalue weighted by atomic mass is 10.0. The van der Waals surface area contributed by atoms with E-state index >= 15 is 0 Å². The zero-order valence-electron chi connectivity index (χ0n) is 17.2. The van der Waals surface area contributed by atoms with Gasteiger partial charge in [-0.2, -0.15) is 0 Å². The lowest BCUT2D eigenvalue weighted by Crippen LogP contribution is -2.39. The molecule has 1 aromatic carbocycles. The van der Waals surface area contributed by atoms with Crippen LogP contribution in [0.2, 0.25) is 0 Å². The van der Waals surface area contributed by atoms with E-state index in [9.17, 15) is 14.9 Å². The Morgan fingerprint density at radius 2 is 2.10 bits per heavy atom. The van der Waals surface area contributed by atoms with E-state index in [1.165, 1.54) is 17.0 Å². The molecule has 0 fully saturated rings. The van der Waals surface area contributed by atoms with Gasteiger partial charge in [0.05, 0.1) is 10.5 Å². The second-order valence-electron chi connectivity index (χ2n) is 8.08. The number of fused-ring (bicyclic) bond motifs is 3. The van der Waals surface area contributed by atoms with Gasteiger partial charge in [-0.05, 0) is 38.0 Å². The maximum Gasteiger partial charge on any atom is 0.270 e. The van der Waals surface area contributed by atoms with Crippen molar-refractivity contribution in [2.45, 2.75) is 39.0 Å². The van der Waals surface area contributed by atoms with Crippen molar-refractivity contribution < 1.29 is 14.1 Å². The second kappa shape index (κ2) is 7.51. The van der Waals surface area contributed by atoms with Crippen molar-refractivity contribution in [2.75, 3.05) is 11.9 Å². The number of hydrogen-bond donors (Lipinski definition) is 2. The molecule has 9 heteroatoms. The van der Waals surface area contributed by atoms with E-state index in [1.54, 1.807) is 35.6 Å². The Kier molecular flexibility index (Phi) is 4.79. The third kappa shape index (κ3) is 3.49. The van der Waals surface area contributed by atoms with Gasteiger partial charge in [0.15, 0.2) is 6.17 Å². The minimum Gasteiger partial charge on any atom is -0.457 e. The lowest BCUT2D eigenvalue weighted by Gasteiger charge is -2.30. The first-order valence-electron chi connectivity index (χ1n) is 10.2. The fourth-order valence-corrected chi connectivity index (χ4v) is 5.45. The summed E-state index contributed by atoms with van der Waals surface area (Å²) in [6, 6.07) is 10.3. The largest absolute Gasteiger partial charge is 0.457 e. The third-order valence-corrected chi connectivity index (χ3v) is 7.00. The monoisotopic (exact) mass is 438 g/mol. The number of thiophene rings is 1. The predicted octanol–water partition coefficient (Wildman–Crippen LogP) is 4.54. The molecule has 0 saturated heterocycles. The minimum atomic E-state index is -0.492. The van der Waals surface area contributed by atoms with Gasteiger partial charge in [-0.15, -0.1) is 11.3 Å². The van der Waals surface area contributed by atoms with Gasteiger partial charge in [0.2, 0.25) is 0 Å². The van der Waals surface area contributed by atoms with Crippen LogP contribution in [0, 0.1) is 10.1 Å². The van der Waals surface area contributed by atoms with Crippen LogP contribution >= 0.6 is 11.3 Å². The van der Waals surface area contributed by atoms with Crippen molar-refractivity contribution in [1.29, 1.82) is 0 Å². The van der Waals surface area contributed by atoms with Crippen LogP contribution in [0.5, 0.6) is 0 Å². The molecule has 0 unspecified atom stereocenters. The molecule has 8 nitrogen and oxygen atoms in total. The van der Waals surface area contributed by atoms with Crippen LogP contribution in [0.1, 0.15) is 46.6 Å². The Balaban J connectivity index is 1.41. The second-order valence-corrected chi connectivity index (χ2v) is 9.19. The summed E-state index contributed by atoms with van der Waals surface area (Å²) < 4.78 is 5.95. The van der Waals surface area contributed by atoms with Crippen LogP contribution in [-0.4, -0.2) is 28.3 Å². The average molecular weight is 439 g/mol. The van der Waals surface area contributed by atoms with E-state index in [-0.39, 0.29) is 11.6 Å². The first-order chi connectivity index (χ1) is 14.9. The van der Waals surface area contributed by atoms with Gasteiger partial charge in [0, 0.05) is 41.7 Å². The van der Waals surface area contributed by atoms with Crippen molar-refractivity contribution in [3.8, 4) is 11.3 Å². The third-order valence-electron chi connectivity index (χ3n) is 5.85. The number of nitro groups is 1. The van der Waals surface area contributed by atoms with Crippen molar-refractivity contribution >= 4 is 27.9 Å². The number of hydrogen-bond acceptors (Lipinski definition) is 7. The highest BCUT2D eigenvalue weighted by molar-refractivity contribution is 7.16. The normalized spacial score (nSPS) is 18.3. The Labute approximate surface area is 183 Å². The zero-order valence-corrected chi connectivity index (χ0v) is 18.0. The molecule has 31 heavy (non-hydrogen) atoms. The summed E-state index contributed by atoms with van der Waals surface area (Å²) in [4.78, 5) is 27.2. The van der Waals surface area contributed by atoms with Gasteiger partial charge >= 0.3 is 0 Å². The topological polar surface area (TPSA) is 101 Å². The van der Waals surface area contributed by atoms with Crippen LogP contribution in [0.3, 0.4) is 0 Å². The molecule has 0 bridgehead atoms. The molecular weight excluding hydrogens is 416 g/mol. The number of anilines is 1. The smallest absolute Gasteiger partial charge is 0.270 e. The first kappa shape index (κ1) is 19.8. The van der Waals surface area contributed by atoms with Gasteiger partial charge in [-0.3, -0.25) is 19.8 Å². The van der Waals surface area contributed by atoms with Gasteiger partial charge in [-0.1, -0.05) is 12.1 Å². The molecule has 1 amide bonds. The molecule has 2 aromatic heterocycles. The van der Waals surface area contributed by atoms with Gasteiger partial charge in [0.25, 0.3) is 11.6 Å². The molecule has 0 saturated carbocycles. The minimum absolute atomic E-state index is 0.00351. The summed E-state index contributed by atoms with van der Waals surface area (Å²) >= 11 is 1.64. The summed E-state index contributed by atoms with van der Waals surface area (Å²) in [5.41, 5.74) is 2.52. The number of rotatable bonds is 4. The summed E-state index contributed by atoms with van der Waals surface area (Å²) in [6.07, 6.45) is 0.380. The predicted molar refractivity (Wildman–Crippen MR) is 118 cm³/mol. The number of nitrogens with one attached hydrogen (secondary N) is 2. The summed E-state index contributed by atoms with van der Waals surface area (Å²) in [6.45, 7) is 6.20. The highest BCUT2D eigenvalue weighted by Gasteiger charge is 2.34. The molecule has 4 heterocycles. The van der Waals surface area contributed by atoms with Crippen molar-refractivity contribution in [3.05, 3.63) is 68.3 Å². The fraction of sp³-hybridized carbons (Fsp3) is 0.318. The number of carbonyl (C=O) groups is 1. The van der Waals surface area contributed by atoms with Crippen molar-refractivity contribution in [3.63, 3.8) is 0 Å². The van der Waals surface area contributed by atoms with E-state index in [4.69, 9.17) is 4.42 Å². The van der Waals surface area contributed by atoms with E-state index in [2.05, 4.69) is 29.4 Å². The van der Waals surface area contributed by atoms with E-state index in [0.29, 0.717) is 23.1 Å². The SMILES string of the molecule is CC(C)N1CCc2c(sc3c2C(=O)N[C@H](c2ccc(-c4cccc([N+](=O)[O-])c4)o2)N3)C1. The molecule has 2 aliphatic rings. The van der Waals surface area contributed by atoms with Crippen LogP contribution < -0.4 is 10.6 Å². The average Bonchev–Trinajstić information content (AvgIpc) is 3.38. The van der Waals surface area contributed by atoms with E-state index in [0.717, 1.165) is 35.6 Å². The van der Waals surface area contributed by atoms with Gasteiger partial charge in [-0.25, -0.2) is 0 Å². The number of amides is 1. The van der Waals surface area contributed by atoms with Gasteiger partial charge in [0.1, 0.15) is 16.5 Å². The maximum atomic E-state index is 12.9. The zero-order chi connectivity index (χ0) is 21.7. The van der Waals surface area contributed by atoms with Crippen LogP contribution in [0.4, 0.5) is 10.7 Å². The van der Waals surface area contributed by atoms with E-state index < -0.39 is 11.1 Å². The molecule has 0 spiro atoms. The number of carbonyl (C=O) groups excluding carboxylic acids is 1.